The second-order valence-corrected chi connectivity index (χ2v) is 5.69. The van der Waals surface area contributed by atoms with Crippen LogP contribution in [0.5, 0.6) is 0 Å². The number of halogens is 2. The Bertz CT molecular complexity index is 771. The van der Waals surface area contributed by atoms with E-state index in [4.69, 9.17) is 23.2 Å². The topological polar surface area (TPSA) is 37.4 Å². The standard InChI is InChI=1S/C16H11Cl2NO2/c1-19-13-6-5-9(7-10(13)8-14(19)20)16(21)11-3-2-4-12(17)15(11)18/h2-7H,8H2,1H3. The normalized spacial score (nSPS) is 13.5. The average Bonchev–Trinajstić information content (AvgIpc) is 2.76. The van der Waals surface area contributed by atoms with Crippen molar-refractivity contribution < 1.29 is 9.59 Å². The molecule has 21 heavy (non-hydrogen) atoms. The van der Waals surface area contributed by atoms with Gasteiger partial charge in [0.1, 0.15) is 0 Å². The lowest BCUT2D eigenvalue weighted by atomic mass is 10.00. The summed E-state index contributed by atoms with van der Waals surface area (Å²) in [5, 5.41) is 0.594. The quantitative estimate of drug-likeness (QED) is 0.791. The van der Waals surface area contributed by atoms with Crippen LogP contribution < -0.4 is 4.90 Å². The maximum atomic E-state index is 12.5. The number of benzene rings is 2. The first-order valence-electron chi connectivity index (χ1n) is 6.37. The highest BCUT2D eigenvalue weighted by Gasteiger charge is 2.25. The van der Waals surface area contributed by atoms with Gasteiger partial charge in [0, 0.05) is 23.9 Å². The van der Waals surface area contributed by atoms with E-state index in [-0.39, 0.29) is 16.7 Å². The van der Waals surface area contributed by atoms with Crippen LogP contribution in [0.4, 0.5) is 5.69 Å². The zero-order chi connectivity index (χ0) is 15.1. The summed E-state index contributed by atoms with van der Waals surface area (Å²) in [5.41, 5.74) is 2.56. The molecule has 2 aromatic carbocycles. The van der Waals surface area contributed by atoms with Gasteiger partial charge >= 0.3 is 0 Å². The first kappa shape index (κ1) is 14.1. The molecular weight excluding hydrogens is 309 g/mol. The van der Waals surface area contributed by atoms with Gasteiger partial charge in [0.2, 0.25) is 5.91 Å². The van der Waals surface area contributed by atoms with E-state index in [2.05, 4.69) is 0 Å². The fraction of sp³-hybridized carbons (Fsp3) is 0.125. The molecule has 3 rings (SSSR count). The van der Waals surface area contributed by atoms with E-state index in [1.807, 2.05) is 0 Å². The maximum absolute atomic E-state index is 12.5. The van der Waals surface area contributed by atoms with Gasteiger partial charge in [-0.05, 0) is 35.9 Å². The first-order valence-corrected chi connectivity index (χ1v) is 7.13. The molecule has 1 aliphatic rings. The minimum absolute atomic E-state index is 0.0235. The van der Waals surface area contributed by atoms with Crippen molar-refractivity contribution >= 4 is 40.6 Å². The van der Waals surface area contributed by atoms with E-state index < -0.39 is 0 Å². The zero-order valence-electron chi connectivity index (χ0n) is 11.2. The Hall–Kier alpha value is -1.84. The van der Waals surface area contributed by atoms with Crippen molar-refractivity contribution in [2.45, 2.75) is 6.42 Å². The van der Waals surface area contributed by atoms with Gasteiger partial charge in [-0.15, -0.1) is 0 Å². The number of carbonyl (C=O) groups is 2. The molecule has 5 heteroatoms. The van der Waals surface area contributed by atoms with Crippen LogP contribution in [0.15, 0.2) is 36.4 Å². The maximum Gasteiger partial charge on any atom is 0.231 e. The van der Waals surface area contributed by atoms with Gasteiger partial charge in [-0.3, -0.25) is 9.59 Å². The zero-order valence-corrected chi connectivity index (χ0v) is 12.7. The third kappa shape index (κ3) is 2.33. The monoisotopic (exact) mass is 319 g/mol. The molecule has 3 nitrogen and oxygen atoms in total. The second-order valence-electron chi connectivity index (χ2n) is 4.90. The Balaban J connectivity index is 2.02. The molecule has 0 unspecified atom stereocenters. The molecule has 2 aromatic rings. The van der Waals surface area contributed by atoms with Crippen LogP contribution >= 0.6 is 23.2 Å². The number of amides is 1. The molecule has 0 aromatic heterocycles. The number of fused-ring (bicyclic) bond motifs is 1. The molecule has 0 saturated heterocycles. The van der Waals surface area contributed by atoms with Crippen LogP contribution in [0.3, 0.4) is 0 Å². The molecule has 0 bridgehead atoms. The van der Waals surface area contributed by atoms with Crippen molar-refractivity contribution in [3.8, 4) is 0 Å². The summed E-state index contributed by atoms with van der Waals surface area (Å²) in [6, 6.07) is 10.2. The fourth-order valence-electron chi connectivity index (χ4n) is 2.45. The predicted octanol–water partition coefficient (Wildman–Crippen LogP) is 3.74. The molecule has 0 atom stereocenters. The number of hydrogen-bond donors (Lipinski definition) is 0. The molecule has 0 fully saturated rings. The number of carbonyl (C=O) groups excluding carboxylic acids is 2. The van der Waals surface area contributed by atoms with E-state index in [9.17, 15) is 9.59 Å². The predicted molar refractivity (Wildman–Crippen MR) is 83.5 cm³/mol. The lowest BCUT2D eigenvalue weighted by molar-refractivity contribution is -0.117. The Morgan fingerprint density at radius 3 is 2.71 bits per heavy atom. The molecule has 0 saturated carbocycles. The summed E-state index contributed by atoms with van der Waals surface area (Å²) in [4.78, 5) is 25.8. The molecule has 0 spiro atoms. The SMILES string of the molecule is CN1C(=O)Cc2cc(C(=O)c3cccc(Cl)c3Cl)ccc21. The van der Waals surface area contributed by atoms with Gasteiger partial charge in [0.15, 0.2) is 5.78 Å². The lowest BCUT2D eigenvalue weighted by Gasteiger charge is -2.10. The van der Waals surface area contributed by atoms with Crippen molar-refractivity contribution in [1.29, 1.82) is 0 Å². The van der Waals surface area contributed by atoms with Gasteiger partial charge in [-0.2, -0.15) is 0 Å². The first-order chi connectivity index (χ1) is 9.99. The summed E-state index contributed by atoms with van der Waals surface area (Å²) in [6.07, 6.45) is 0.316. The third-order valence-corrected chi connectivity index (χ3v) is 4.43. The highest BCUT2D eigenvalue weighted by Crippen LogP contribution is 2.31. The van der Waals surface area contributed by atoms with Crippen LogP contribution in [0.1, 0.15) is 21.5 Å². The van der Waals surface area contributed by atoms with E-state index in [0.29, 0.717) is 22.6 Å². The fourth-order valence-corrected chi connectivity index (χ4v) is 2.83. The number of likely N-dealkylation sites (N-methyl/N-ethyl adjacent to an activating group) is 1. The molecular formula is C16H11Cl2NO2. The van der Waals surface area contributed by atoms with Crippen LogP contribution in [0, 0.1) is 0 Å². The summed E-state index contributed by atoms with van der Waals surface area (Å²) < 4.78 is 0. The molecule has 1 heterocycles. The molecule has 1 aliphatic heterocycles. The summed E-state index contributed by atoms with van der Waals surface area (Å²) in [7, 11) is 1.73. The Kier molecular flexibility index (Phi) is 3.47. The van der Waals surface area contributed by atoms with Crippen molar-refractivity contribution in [3.05, 3.63) is 63.1 Å². The number of nitrogens with zero attached hydrogens (tertiary/aromatic N) is 1. The lowest BCUT2D eigenvalue weighted by Crippen LogP contribution is -2.20. The summed E-state index contributed by atoms with van der Waals surface area (Å²) in [5.74, 6) is -0.178. The number of anilines is 1. The number of hydrogen-bond acceptors (Lipinski definition) is 2. The van der Waals surface area contributed by atoms with Crippen LogP contribution in [0.2, 0.25) is 10.0 Å². The van der Waals surface area contributed by atoms with Gasteiger partial charge in [-0.1, -0.05) is 29.3 Å². The van der Waals surface area contributed by atoms with Gasteiger partial charge < -0.3 is 4.90 Å². The van der Waals surface area contributed by atoms with Crippen LogP contribution in [-0.2, 0) is 11.2 Å². The minimum Gasteiger partial charge on any atom is -0.315 e. The van der Waals surface area contributed by atoms with E-state index in [1.54, 1.807) is 48.3 Å². The Morgan fingerprint density at radius 1 is 1.19 bits per heavy atom. The van der Waals surface area contributed by atoms with E-state index in [1.165, 1.54) is 0 Å². The van der Waals surface area contributed by atoms with Crippen LogP contribution in [0.25, 0.3) is 0 Å². The molecule has 1 amide bonds. The largest absolute Gasteiger partial charge is 0.315 e. The molecule has 0 aliphatic carbocycles. The smallest absolute Gasteiger partial charge is 0.231 e. The van der Waals surface area contributed by atoms with E-state index >= 15 is 0 Å². The Morgan fingerprint density at radius 2 is 1.95 bits per heavy atom. The van der Waals surface area contributed by atoms with Crippen LogP contribution in [-0.4, -0.2) is 18.7 Å². The van der Waals surface area contributed by atoms with E-state index in [0.717, 1.165) is 11.3 Å². The van der Waals surface area contributed by atoms with Crippen molar-refractivity contribution in [3.63, 3.8) is 0 Å². The molecule has 0 radical (unpaired) electrons. The molecule has 0 N–H and O–H groups in total. The van der Waals surface area contributed by atoms with Crippen molar-refractivity contribution in [2.24, 2.45) is 0 Å². The molecule has 106 valence electrons. The van der Waals surface area contributed by atoms with Gasteiger partial charge in [0.05, 0.1) is 16.5 Å². The number of ketones is 1. The average molecular weight is 320 g/mol. The van der Waals surface area contributed by atoms with Gasteiger partial charge in [-0.25, -0.2) is 0 Å². The van der Waals surface area contributed by atoms with Crippen molar-refractivity contribution in [2.75, 3.05) is 11.9 Å². The highest BCUT2D eigenvalue weighted by atomic mass is 35.5. The summed E-state index contributed by atoms with van der Waals surface area (Å²) >= 11 is 12.0. The highest BCUT2D eigenvalue weighted by molar-refractivity contribution is 6.44. The Labute approximate surface area is 132 Å². The van der Waals surface area contributed by atoms with Crippen molar-refractivity contribution in [1.82, 2.24) is 0 Å². The van der Waals surface area contributed by atoms with Gasteiger partial charge in [0.25, 0.3) is 0 Å². The second kappa shape index (κ2) is 5.17. The minimum atomic E-state index is -0.202. The third-order valence-electron chi connectivity index (χ3n) is 3.62. The summed E-state index contributed by atoms with van der Waals surface area (Å²) in [6.45, 7) is 0. The number of rotatable bonds is 2.